The summed E-state index contributed by atoms with van der Waals surface area (Å²) in [4.78, 5) is 42.3. The highest BCUT2D eigenvalue weighted by Gasteiger charge is 2.17. The van der Waals surface area contributed by atoms with Gasteiger partial charge < -0.3 is 30.3 Å². The Kier molecular flexibility index (Phi) is 10.5. The maximum atomic E-state index is 13.4. The first kappa shape index (κ1) is 31.8. The number of methoxy groups -OCH3 is 2. The molecule has 0 bridgehead atoms. The maximum Gasteiger partial charge on any atom is 0.331 e. The van der Waals surface area contributed by atoms with Crippen molar-refractivity contribution in [1.29, 1.82) is 0 Å². The molecule has 1 aliphatic heterocycles. The number of fused-ring (bicyclic) bond motifs is 1. The van der Waals surface area contributed by atoms with Gasteiger partial charge in [-0.1, -0.05) is 18.6 Å². The lowest BCUT2D eigenvalue weighted by Gasteiger charge is -2.27. The molecule has 1 atom stereocenters. The van der Waals surface area contributed by atoms with Crippen molar-refractivity contribution in [3.63, 3.8) is 0 Å². The van der Waals surface area contributed by atoms with Gasteiger partial charge in [0, 0.05) is 43.3 Å². The summed E-state index contributed by atoms with van der Waals surface area (Å²) in [5, 5.41) is 9.55. The second-order valence-corrected chi connectivity index (χ2v) is 11.3. The standard InChI is InChI=1S/C34H42N6O5/c1-24(35-26-10-13-29(45-3)14-11-26)25-8-7-9-27(22-25)36-33(42)37-28-12-15-31-30(23-28)32(41)40(20-21-44-2)34(43)39(31)19-18-38-16-5-4-6-17-38/h7-15,22-24,35H,4-6,16-21H2,1-3H3,(H2,36,37,42). The van der Waals surface area contributed by atoms with E-state index >= 15 is 0 Å². The average Bonchev–Trinajstić information content (AvgIpc) is 3.05. The molecule has 1 aromatic heterocycles. The molecule has 0 saturated carbocycles. The van der Waals surface area contributed by atoms with Gasteiger partial charge in [0.15, 0.2) is 0 Å². The largest absolute Gasteiger partial charge is 0.497 e. The van der Waals surface area contributed by atoms with Crippen LogP contribution < -0.4 is 31.9 Å². The quantitative estimate of drug-likeness (QED) is 0.203. The van der Waals surface area contributed by atoms with Crippen molar-refractivity contribution in [3.8, 4) is 5.75 Å². The number of carbonyl (C=O) groups is 1. The van der Waals surface area contributed by atoms with Gasteiger partial charge in [0.2, 0.25) is 0 Å². The minimum atomic E-state index is -0.444. The fourth-order valence-electron chi connectivity index (χ4n) is 5.72. The predicted molar refractivity (Wildman–Crippen MR) is 179 cm³/mol. The number of benzene rings is 3. The highest BCUT2D eigenvalue weighted by molar-refractivity contribution is 6.01. The summed E-state index contributed by atoms with van der Waals surface area (Å²) in [7, 11) is 3.17. The zero-order valence-corrected chi connectivity index (χ0v) is 26.2. The van der Waals surface area contributed by atoms with Gasteiger partial charge in [0.25, 0.3) is 5.56 Å². The first-order valence-corrected chi connectivity index (χ1v) is 15.4. The molecule has 1 aliphatic rings. The molecule has 3 aromatic carbocycles. The molecule has 0 aliphatic carbocycles. The van der Waals surface area contributed by atoms with Crippen LogP contribution in [0, 0.1) is 0 Å². The van der Waals surface area contributed by atoms with Crippen LogP contribution in [0.15, 0.2) is 76.3 Å². The van der Waals surface area contributed by atoms with Gasteiger partial charge in [-0.15, -0.1) is 0 Å². The van der Waals surface area contributed by atoms with Crippen molar-refractivity contribution in [3.05, 3.63) is 93.1 Å². The lowest BCUT2D eigenvalue weighted by Crippen LogP contribution is -2.43. The van der Waals surface area contributed by atoms with E-state index in [4.69, 9.17) is 9.47 Å². The van der Waals surface area contributed by atoms with Gasteiger partial charge in [-0.2, -0.15) is 0 Å². The third kappa shape index (κ3) is 7.92. The molecule has 2 heterocycles. The number of aromatic nitrogens is 2. The van der Waals surface area contributed by atoms with Crippen LogP contribution in [0.2, 0.25) is 0 Å². The molecule has 238 valence electrons. The summed E-state index contributed by atoms with van der Waals surface area (Å²) in [5.74, 6) is 0.788. The van der Waals surface area contributed by atoms with Crippen molar-refractivity contribution in [1.82, 2.24) is 14.0 Å². The second kappa shape index (κ2) is 14.9. The first-order valence-electron chi connectivity index (χ1n) is 15.4. The molecule has 11 nitrogen and oxygen atoms in total. The van der Waals surface area contributed by atoms with Crippen LogP contribution in [0.25, 0.3) is 10.9 Å². The van der Waals surface area contributed by atoms with Crippen LogP contribution in [0.1, 0.15) is 37.8 Å². The number of hydrogen-bond donors (Lipinski definition) is 3. The van der Waals surface area contributed by atoms with Crippen LogP contribution in [0.4, 0.5) is 21.9 Å². The first-order chi connectivity index (χ1) is 21.9. The van der Waals surface area contributed by atoms with E-state index in [1.54, 1.807) is 29.9 Å². The molecule has 5 rings (SSSR count). The number of rotatable bonds is 12. The number of nitrogens with zero attached hydrogens (tertiary/aromatic N) is 3. The van der Waals surface area contributed by atoms with Crippen molar-refractivity contribution in [2.45, 2.75) is 45.3 Å². The van der Waals surface area contributed by atoms with Crippen LogP contribution in [-0.4, -0.2) is 60.5 Å². The smallest absolute Gasteiger partial charge is 0.331 e. The monoisotopic (exact) mass is 614 g/mol. The van der Waals surface area contributed by atoms with Crippen molar-refractivity contribution >= 4 is 34.0 Å². The minimum Gasteiger partial charge on any atom is -0.497 e. The van der Waals surface area contributed by atoms with Gasteiger partial charge in [-0.3, -0.25) is 13.9 Å². The zero-order chi connectivity index (χ0) is 31.8. The van der Waals surface area contributed by atoms with Gasteiger partial charge in [0.1, 0.15) is 5.75 Å². The Morgan fingerprint density at radius 1 is 0.822 bits per heavy atom. The molecule has 11 heteroatoms. The van der Waals surface area contributed by atoms with Crippen LogP contribution in [0.5, 0.6) is 5.75 Å². The summed E-state index contributed by atoms with van der Waals surface area (Å²) in [6.07, 6.45) is 3.55. The number of anilines is 3. The number of hydrogen-bond acceptors (Lipinski definition) is 7. The van der Waals surface area contributed by atoms with E-state index in [9.17, 15) is 14.4 Å². The number of nitrogens with one attached hydrogen (secondary N) is 3. The molecule has 1 unspecified atom stereocenters. The molecular weight excluding hydrogens is 572 g/mol. The highest BCUT2D eigenvalue weighted by atomic mass is 16.5. The summed E-state index contributed by atoms with van der Waals surface area (Å²) in [5.41, 5.74) is 2.81. The minimum absolute atomic E-state index is 0.0171. The number of amides is 2. The molecule has 45 heavy (non-hydrogen) atoms. The van der Waals surface area contributed by atoms with E-state index in [2.05, 4.69) is 20.9 Å². The van der Waals surface area contributed by atoms with Crippen LogP contribution in [-0.2, 0) is 17.8 Å². The van der Waals surface area contributed by atoms with Crippen molar-refractivity contribution < 1.29 is 14.3 Å². The fourth-order valence-corrected chi connectivity index (χ4v) is 5.72. The number of piperidine rings is 1. The second-order valence-electron chi connectivity index (χ2n) is 11.3. The number of ether oxygens (including phenoxy) is 2. The molecule has 1 saturated heterocycles. The van der Waals surface area contributed by atoms with E-state index in [1.807, 2.05) is 55.5 Å². The Balaban J connectivity index is 1.31. The van der Waals surface area contributed by atoms with Crippen LogP contribution >= 0.6 is 0 Å². The van der Waals surface area contributed by atoms with Gasteiger partial charge in [0.05, 0.1) is 31.2 Å². The maximum absolute atomic E-state index is 13.4. The lowest BCUT2D eigenvalue weighted by molar-refractivity contribution is 0.183. The molecule has 0 radical (unpaired) electrons. The summed E-state index contributed by atoms with van der Waals surface area (Å²) in [6, 6.07) is 19.9. The van der Waals surface area contributed by atoms with Crippen LogP contribution in [0.3, 0.4) is 0 Å². The molecule has 1 fully saturated rings. The Hall–Kier alpha value is -4.61. The van der Waals surface area contributed by atoms with Gasteiger partial charge >= 0.3 is 11.7 Å². The van der Waals surface area contributed by atoms with E-state index in [1.165, 1.54) is 18.1 Å². The zero-order valence-electron chi connectivity index (χ0n) is 26.2. The Labute approximate surface area is 262 Å². The number of likely N-dealkylation sites (tertiary alicyclic amines) is 1. The predicted octanol–water partition coefficient (Wildman–Crippen LogP) is 5.12. The number of urea groups is 1. The normalized spacial score (nSPS) is 14.2. The highest BCUT2D eigenvalue weighted by Crippen LogP contribution is 2.24. The van der Waals surface area contributed by atoms with E-state index in [0.717, 1.165) is 49.5 Å². The van der Waals surface area contributed by atoms with E-state index in [-0.39, 0.29) is 24.9 Å². The average molecular weight is 615 g/mol. The summed E-state index contributed by atoms with van der Waals surface area (Å²) >= 11 is 0. The SMILES string of the molecule is COCCn1c(=O)c2cc(NC(=O)Nc3cccc(C(C)Nc4ccc(OC)cc4)c3)ccc2n(CCN2CCCCC2)c1=O. The van der Waals surface area contributed by atoms with Crippen molar-refractivity contribution in [2.24, 2.45) is 0 Å². The topological polar surface area (TPSA) is 119 Å². The fraction of sp³-hybridized carbons (Fsp3) is 0.382. The third-order valence-corrected chi connectivity index (χ3v) is 8.21. The molecule has 0 spiro atoms. The van der Waals surface area contributed by atoms with Crippen molar-refractivity contribution in [2.75, 3.05) is 56.4 Å². The van der Waals surface area contributed by atoms with Gasteiger partial charge in [-0.25, -0.2) is 9.59 Å². The van der Waals surface area contributed by atoms with E-state index < -0.39 is 11.6 Å². The molecule has 3 N–H and O–H groups in total. The number of carbonyl (C=O) groups excluding carboxylic acids is 1. The third-order valence-electron chi connectivity index (χ3n) is 8.21. The Morgan fingerprint density at radius 3 is 2.24 bits per heavy atom. The van der Waals surface area contributed by atoms with E-state index in [0.29, 0.717) is 28.8 Å². The Morgan fingerprint density at radius 2 is 1.53 bits per heavy atom. The molecule has 4 aromatic rings. The summed E-state index contributed by atoms with van der Waals surface area (Å²) < 4.78 is 13.3. The molecular formula is C34H42N6O5. The van der Waals surface area contributed by atoms with Gasteiger partial charge in [-0.05, 0) is 93.0 Å². The molecule has 2 amide bonds. The lowest BCUT2D eigenvalue weighted by atomic mass is 10.1. The summed E-state index contributed by atoms with van der Waals surface area (Å²) in [6.45, 7) is 5.66. The Bertz CT molecular complexity index is 1730.